The zero-order chi connectivity index (χ0) is 19.6. The van der Waals surface area contributed by atoms with Crippen LogP contribution in [0.3, 0.4) is 0 Å². The van der Waals surface area contributed by atoms with Crippen LogP contribution >= 0.6 is 35.4 Å². The highest BCUT2D eigenvalue weighted by Crippen LogP contribution is 2.25. The van der Waals surface area contributed by atoms with Crippen LogP contribution in [0.25, 0.3) is 0 Å². The molecule has 1 aliphatic heterocycles. The van der Waals surface area contributed by atoms with Crippen molar-refractivity contribution >= 4 is 57.9 Å². The predicted octanol–water partition coefficient (Wildman–Crippen LogP) is 4.35. The van der Waals surface area contributed by atoms with E-state index in [9.17, 15) is 9.18 Å². The van der Waals surface area contributed by atoms with Crippen molar-refractivity contribution in [3.8, 4) is 0 Å². The highest BCUT2D eigenvalue weighted by molar-refractivity contribution is 7.80. The van der Waals surface area contributed by atoms with Gasteiger partial charge in [0.2, 0.25) is 0 Å². The number of nitrogens with one attached hydrogen (secondary N) is 1. The van der Waals surface area contributed by atoms with E-state index in [4.69, 9.17) is 40.5 Å². The van der Waals surface area contributed by atoms with E-state index in [1.165, 1.54) is 18.2 Å². The van der Waals surface area contributed by atoms with Gasteiger partial charge in [0.25, 0.3) is 0 Å². The summed E-state index contributed by atoms with van der Waals surface area (Å²) in [6, 6.07) is 9.22. The van der Waals surface area contributed by atoms with Crippen LogP contribution in [-0.2, 0) is 0 Å². The Hall–Kier alpha value is -2.09. The number of piperazine rings is 1. The van der Waals surface area contributed by atoms with Gasteiger partial charge in [-0.25, -0.2) is 9.18 Å². The Balaban J connectivity index is 1.60. The number of carboxylic acid groups (broad SMARTS) is 1. The smallest absolute Gasteiger partial charge is 0.337 e. The van der Waals surface area contributed by atoms with Gasteiger partial charge in [0.1, 0.15) is 5.82 Å². The number of carbonyl (C=O) groups is 1. The van der Waals surface area contributed by atoms with Crippen LogP contribution in [-0.4, -0.2) is 47.3 Å². The van der Waals surface area contributed by atoms with Crippen LogP contribution < -0.4 is 10.2 Å². The lowest BCUT2D eigenvalue weighted by molar-refractivity contribution is 0.0697. The monoisotopic (exact) mass is 427 g/mol. The summed E-state index contributed by atoms with van der Waals surface area (Å²) in [5.74, 6) is -1.43. The number of benzene rings is 2. The normalized spacial score (nSPS) is 14.2. The van der Waals surface area contributed by atoms with Crippen molar-refractivity contribution in [2.75, 3.05) is 36.4 Å². The molecule has 1 saturated heterocycles. The minimum absolute atomic E-state index is 0.0340. The van der Waals surface area contributed by atoms with Crippen LogP contribution in [0.15, 0.2) is 36.4 Å². The van der Waals surface area contributed by atoms with Gasteiger partial charge in [0.15, 0.2) is 5.11 Å². The molecule has 0 bridgehead atoms. The zero-order valence-electron chi connectivity index (χ0n) is 14.1. The van der Waals surface area contributed by atoms with Crippen LogP contribution in [0.4, 0.5) is 15.8 Å². The molecule has 0 unspecified atom stereocenters. The van der Waals surface area contributed by atoms with Gasteiger partial charge in [-0.05, 0) is 48.6 Å². The van der Waals surface area contributed by atoms with Crippen molar-refractivity contribution in [3.63, 3.8) is 0 Å². The number of rotatable bonds is 3. The Morgan fingerprint density at radius 1 is 1.11 bits per heavy atom. The van der Waals surface area contributed by atoms with Crippen molar-refractivity contribution in [1.82, 2.24) is 4.90 Å². The molecule has 2 aromatic carbocycles. The van der Waals surface area contributed by atoms with Crippen molar-refractivity contribution < 1.29 is 14.3 Å². The fourth-order valence-corrected chi connectivity index (χ4v) is 3.58. The van der Waals surface area contributed by atoms with E-state index in [2.05, 4.69) is 5.32 Å². The number of anilines is 2. The van der Waals surface area contributed by atoms with Crippen LogP contribution in [0.2, 0.25) is 10.0 Å². The summed E-state index contributed by atoms with van der Waals surface area (Å²) in [6.07, 6.45) is 0. The molecule has 5 nitrogen and oxygen atoms in total. The fourth-order valence-electron chi connectivity index (χ4n) is 2.86. The molecule has 1 fully saturated rings. The molecule has 27 heavy (non-hydrogen) atoms. The third-order valence-electron chi connectivity index (χ3n) is 4.27. The van der Waals surface area contributed by atoms with Crippen molar-refractivity contribution in [1.29, 1.82) is 0 Å². The topological polar surface area (TPSA) is 55.8 Å². The first-order valence-corrected chi connectivity index (χ1v) is 9.30. The molecule has 0 atom stereocenters. The van der Waals surface area contributed by atoms with Crippen molar-refractivity contribution in [2.24, 2.45) is 0 Å². The average molecular weight is 428 g/mol. The van der Waals surface area contributed by atoms with E-state index in [0.29, 0.717) is 47.7 Å². The minimum atomic E-state index is -1.08. The van der Waals surface area contributed by atoms with Crippen LogP contribution in [0, 0.1) is 5.82 Å². The molecule has 0 aliphatic carbocycles. The maximum absolute atomic E-state index is 14.1. The van der Waals surface area contributed by atoms with Gasteiger partial charge in [-0.2, -0.15) is 0 Å². The Morgan fingerprint density at radius 3 is 2.41 bits per heavy atom. The van der Waals surface area contributed by atoms with Gasteiger partial charge in [0, 0.05) is 36.9 Å². The fraction of sp³-hybridized carbons (Fsp3) is 0.222. The van der Waals surface area contributed by atoms with Gasteiger partial charge in [-0.3, -0.25) is 0 Å². The average Bonchev–Trinajstić information content (AvgIpc) is 2.61. The molecule has 0 spiro atoms. The molecule has 2 aromatic rings. The summed E-state index contributed by atoms with van der Waals surface area (Å²) in [6.45, 7) is 2.46. The highest BCUT2D eigenvalue weighted by atomic mass is 35.5. The van der Waals surface area contributed by atoms with E-state index in [0.717, 1.165) is 0 Å². The molecule has 0 amide bonds. The Labute approximate surface area is 171 Å². The standard InChI is InChI=1S/C18H16Cl2FN3O2S/c19-11-1-4-16(15(21)9-11)23-5-7-24(8-6-23)18(27)22-12-2-3-13(17(25)26)14(20)10-12/h1-4,9-10H,5-8H2,(H,22,27)(H,25,26). The summed E-state index contributed by atoms with van der Waals surface area (Å²) in [5, 5.41) is 13.1. The molecular weight excluding hydrogens is 412 g/mol. The molecule has 0 radical (unpaired) electrons. The number of thiocarbonyl (C=S) groups is 1. The Bertz CT molecular complexity index is 889. The summed E-state index contributed by atoms with van der Waals surface area (Å²) >= 11 is 17.2. The largest absolute Gasteiger partial charge is 0.478 e. The lowest BCUT2D eigenvalue weighted by Crippen LogP contribution is -2.50. The molecule has 1 heterocycles. The predicted molar refractivity (Wildman–Crippen MR) is 110 cm³/mol. The lowest BCUT2D eigenvalue weighted by Gasteiger charge is -2.37. The molecule has 3 rings (SSSR count). The Morgan fingerprint density at radius 2 is 1.81 bits per heavy atom. The van der Waals surface area contributed by atoms with E-state index >= 15 is 0 Å². The SMILES string of the molecule is O=C(O)c1ccc(NC(=S)N2CCN(c3ccc(Cl)cc3F)CC2)cc1Cl. The second kappa shape index (κ2) is 8.29. The first-order chi connectivity index (χ1) is 12.8. The molecule has 0 aromatic heterocycles. The molecule has 2 N–H and O–H groups in total. The Kier molecular flexibility index (Phi) is 6.04. The van der Waals surface area contributed by atoms with Gasteiger partial charge in [-0.1, -0.05) is 23.2 Å². The number of hydrogen-bond donors (Lipinski definition) is 2. The van der Waals surface area contributed by atoms with Crippen molar-refractivity contribution in [3.05, 3.63) is 57.8 Å². The number of nitrogens with zero attached hydrogens (tertiary/aromatic N) is 2. The maximum atomic E-state index is 14.1. The lowest BCUT2D eigenvalue weighted by atomic mass is 10.2. The summed E-state index contributed by atoms with van der Waals surface area (Å²) in [7, 11) is 0. The van der Waals surface area contributed by atoms with Gasteiger partial charge in [0.05, 0.1) is 16.3 Å². The van der Waals surface area contributed by atoms with E-state index in [1.807, 2.05) is 9.80 Å². The second-order valence-corrected chi connectivity index (χ2v) is 7.23. The summed E-state index contributed by atoms with van der Waals surface area (Å²) in [4.78, 5) is 14.9. The van der Waals surface area contributed by atoms with E-state index in [1.54, 1.807) is 18.2 Å². The van der Waals surface area contributed by atoms with E-state index < -0.39 is 5.97 Å². The van der Waals surface area contributed by atoms with Crippen LogP contribution in [0.5, 0.6) is 0 Å². The first kappa shape index (κ1) is 19.7. The molecule has 142 valence electrons. The molecular formula is C18H16Cl2FN3O2S. The highest BCUT2D eigenvalue weighted by Gasteiger charge is 2.21. The molecule has 1 aliphatic rings. The molecule has 0 saturated carbocycles. The van der Waals surface area contributed by atoms with Gasteiger partial charge >= 0.3 is 5.97 Å². The third-order valence-corrected chi connectivity index (χ3v) is 5.18. The minimum Gasteiger partial charge on any atom is -0.478 e. The summed E-state index contributed by atoms with van der Waals surface area (Å²) in [5.41, 5.74) is 1.17. The number of hydrogen-bond acceptors (Lipinski definition) is 3. The molecule has 9 heteroatoms. The maximum Gasteiger partial charge on any atom is 0.337 e. The number of aromatic carboxylic acids is 1. The summed E-state index contributed by atoms with van der Waals surface area (Å²) < 4.78 is 14.1. The van der Waals surface area contributed by atoms with Gasteiger partial charge < -0.3 is 20.2 Å². The van der Waals surface area contributed by atoms with Crippen LogP contribution in [0.1, 0.15) is 10.4 Å². The quantitative estimate of drug-likeness (QED) is 0.710. The first-order valence-electron chi connectivity index (χ1n) is 8.14. The van der Waals surface area contributed by atoms with E-state index in [-0.39, 0.29) is 16.4 Å². The number of carboxylic acids is 1. The third kappa shape index (κ3) is 4.61. The second-order valence-electron chi connectivity index (χ2n) is 6.00. The van der Waals surface area contributed by atoms with Gasteiger partial charge in [-0.15, -0.1) is 0 Å². The number of halogens is 3. The van der Waals surface area contributed by atoms with Crippen molar-refractivity contribution in [2.45, 2.75) is 0 Å². The zero-order valence-corrected chi connectivity index (χ0v) is 16.4.